The summed E-state index contributed by atoms with van der Waals surface area (Å²) in [5.41, 5.74) is 1.94. The van der Waals surface area contributed by atoms with E-state index in [4.69, 9.17) is 0 Å². The highest BCUT2D eigenvalue weighted by Gasteiger charge is 2.12. The molecule has 0 spiro atoms. The second kappa shape index (κ2) is 4.97. The molecule has 1 N–H and O–H groups in total. The molecule has 0 bridgehead atoms. The van der Waals surface area contributed by atoms with Gasteiger partial charge in [0, 0.05) is 18.0 Å². The summed E-state index contributed by atoms with van der Waals surface area (Å²) in [6, 6.07) is 6.46. The predicted octanol–water partition coefficient (Wildman–Crippen LogP) is 3.17. The number of nitrogens with one attached hydrogen (secondary N) is 1. The molecule has 2 aromatic heterocycles. The van der Waals surface area contributed by atoms with Gasteiger partial charge >= 0.3 is 0 Å². The summed E-state index contributed by atoms with van der Waals surface area (Å²) in [5.74, 6) is -2.57. The number of hydrogen-bond acceptors (Lipinski definition) is 2. The molecule has 3 rings (SSSR count). The molecule has 0 aliphatic carbocycles. The topological polar surface area (TPSA) is 46.4 Å². The Hall–Kier alpha value is -2.76. The monoisotopic (exact) mass is 287 g/mol. The van der Waals surface area contributed by atoms with Gasteiger partial charge in [0.15, 0.2) is 17.3 Å². The van der Waals surface area contributed by atoms with E-state index in [1.807, 2.05) is 19.3 Å². The molecule has 0 unspecified atom stereocenters. The Morgan fingerprint density at radius 1 is 1.24 bits per heavy atom. The number of hydrogen-bond donors (Lipinski definition) is 1. The van der Waals surface area contributed by atoms with Gasteiger partial charge in [-0.15, -0.1) is 0 Å². The number of halogens is 2. The number of aryl methyl sites for hydroxylation is 1. The third kappa shape index (κ3) is 2.47. The van der Waals surface area contributed by atoms with Crippen LogP contribution in [0.25, 0.3) is 5.65 Å². The van der Waals surface area contributed by atoms with Crippen LogP contribution < -0.4 is 5.32 Å². The van der Waals surface area contributed by atoms with E-state index in [0.717, 1.165) is 17.8 Å². The molecule has 106 valence electrons. The van der Waals surface area contributed by atoms with Gasteiger partial charge in [-0.05, 0) is 37.3 Å². The van der Waals surface area contributed by atoms with Crippen molar-refractivity contribution < 1.29 is 13.6 Å². The van der Waals surface area contributed by atoms with E-state index in [2.05, 4.69) is 10.3 Å². The van der Waals surface area contributed by atoms with Crippen LogP contribution in [-0.2, 0) is 0 Å². The van der Waals surface area contributed by atoms with Crippen LogP contribution in [0.3, 0.4) is 0 Å². The van der Waals surface area contributed by atoms with Gasteiger partial charge < -0.3 is 9.72 Å². The molecule has 4 nitrogen and oxygen atoms in total. The number of benzene rings is 1. The molecule has 0 atom stereocenters. The summed E-state index contributed by atoms with van der Waals surface area (Å²) < 4.78 is 27.8. The number of nitrogens with zero attached hydrogens (tertiary/aromatic N) is 2. The van der Waals surface area contributed by atoms with Gasteiger partial charge in [-0.25, -0.2) is 13.8 Å². The zero-order valence-corrected chi connectivity index (χ0v) is 11.1. The van der Waals surface area contributed by atoms with Crippen LogP contribution in [-0.4, -0.2) is 15.3 Å². The largest absolute Gasteiger partial charge is 0.319 e. The fourth-order valence-corrected chi connectivity index (χ4v) is 2.06. The van der Waals surface area contributed by atoms with E-state index in [0.29, 0.717) is 11.3 Å². The van der Waals surface area contributed by atoms with Crippen LogP contribution in [0.2, 0.25) is 0 Å². The third-order valence-corrected chi connectivity index (χ3v) is 3.03. The number of pyridine rings is 1. The molecule has 21 heavy (non-hydrogen) atoms. The minimum Gasteiger partial charge on any atom is -0.319 e. The second-order valence-electron chi connectivity index (χ2n) is 4.62. The first-order chi connectivity index (χ1) is 10.0. The molecule has 3 aromatic rings. The quantitative estimate of drug-likeness (QED) is 0.787. The minimum atomic E-state index is -1.06. The third-order valence-electron chi connectivity index (χ3n) is 3.03. The second-order valence-corrected chi connectivity index (χ2v) is 4.62. The lowest BCUT2D eigenvalue weighted by Crippen LogP contribution is -2.13. The van der Waals surface area contributed by atoms with Crippen LogP contribution in [0, 0.1) is 18.6 Å². The van der Waals surface area contributed by atoms with Crippen molar-refractivity contribution in [2.75, 3.05) is 5.32 Å². The lowest BCUT2D eigenvalue weighted by atomic mass is 10.2. The Labute approximate surface area is 119 Å². The lowest BCUT2D eigenvalue weighted by Gasteiger charge is -2.06. The molecule has 1 aromatic carbocycles. The highest BCUT2D eigenvalue weighted by atomic mass is 19.2. The lowest BCUT2D eigenvalue weighted by molar-refractivity contribution is 0.102. The van der Waals surface area contributed by atoms with Crippen molar-refractivity contribution in [3.05, 3.63) is 65.6 Å². The van der Waals surface area contributed by atoms with Gasteiger partial charge in [-0.3, -0.25) is 4.79 Å². The summed E-state index contributed by atoms with van der Waals surface area (Å²) in [6.07, 6.45) is 3.63. The molecule has 2 heterocycles. The standard InChI is InChI=1S/C15H11F2N3O/c1-9-8-20-6-2-3-13(14(20)18-9)19-15(21)10-4-5-11(16)12(17)7-10/h2-8H,1H3,(H,19,21). The van der Waals surface area contributed by atoms with Crippen molar-refractivity contribution >= 4 is 17.2 Å². The number of carbonyl (C=O) groups is 1. The van der Waals surface area contributed by atoms with E-state index < -0.39 is 17.5 Å². The van der Waals surface area contributed by atoms with Crippen molar-refractivity contribution in [1.82, 2.24) is 9.38 Å². The number of aromatic nitrogens is 2. The maximum Gasteiger partial charge on any atom is 0.255 e. The molecule has 0 saturated heterocycles. The summed E-state index contributed by atoms with van der Waals surface area (Å²) in [6.45, 7) is 1.84. The zero-order valence-electron chi connectivity index (χ0n) is 11.1. The molecule has 0 aliphatic heterocycles. The highest BCUT2D eigenvalue weighted by Crippen LogP contribution is 2.18. The summed E-state index contributed by atoms with van der Waals surface area (Å²) >= 11 is 0. The van der Waals surface area contributed by atoms with Gasteiger partial charge in [0.2, 0.25) is 0 Å². The van der Waals surface area contributed by atoms with Gasteiger partial charge in [0.1, 0.15) is 0 Å². The summed E-state index contributed by atoms with van der Waals surface area (Å²) in [4.78, 5) is 16.4. The number of anilines is 1. The van der Waals surface area contributed by atoms with E-state index in [1.165, 1.54) is 6.07 Å². The molecule has 0 radical (unpaired) electrons. The molecule has 1 amide bonds. The summed E-state index contributed by atoms with van der Waals surface area (Å²) in [7, 11) is 0. The predicted molar refractivity (Wildman–Crippen MR) is 74.2 cm³/mol. The fraction of sp³-hybridized carbons (Fsp3) is 0.0667. The minimum absolute atomic E-state index is 0.0409. The number of amides is 1. The first-order valence-corrected chi connectivity index (χ1v) is 6.25. The van der Waals surface area contributed by atoms with E-state index >= 15 is 0 Å². The molecule has 0 fully saturated rings. The average Bonchev–Trinajstić information content (AvgIpc) is 2.83. The number of fused-ring (bicyclic) bond motifs is 1. The van der Waals surface area contributed by atoms with Crippen molar-refractivity contribution in [2.45, 2.75) is 6.92 Å². The maximum atomic E-state index is 13.2. The van der Waals surface area contributed by atoms with Crippen molar-refractivity contribution in [1.29, 1.82) is 0 Å². The molecular weight excluding hydrogens is 276 g/mol. The zero-order chi connectivity index (χ0) is 15.0. The van der Waals surface area contributed by atoms with Crippen molar-refractivity contribution in [3.8, 4) is 0 Å². The molecule has 6 heteroatoms. The first kappa shape index (κ1) is 13.2. The van der Waals surface area contributed by atoms with Crippen LogP contribution in [0.15, 0.2) is 42.7 Å². The normalized spacial score (nSPS) is 10.8. The van der Waals surface area contributed by atoms with Crippen LogP contribution in [0.1, 0.15) is 16.1 Å². The average molecular weight is 287 g/mol. The van der Waals surface area contributed by atoms with Gasteiger partial charge in [0.25, 0.3) is 5.91 Å². The SMILES string of the molecule is Cc1cn2cccc(NC(=O)c3ccc(F)c(F)c3)c2n1. The summed E-state index contributed by atoms with van der Waals surface area (Å²) in [5, 5.41) is 2.65. The van der Waals surface area contributed by atoms with Crippen LogP contribution in [0.5, 0.6) is 0 Å². The molecular formula is C15H11F2N3O. The van der Waals surface area contributed by atoms with Gasteiger partial charge in [-0.1, -0.05) is 0 Å². The Kier molecular flexibility index (Phi) is 3.13. The van der Waals surface area contributed by atoms with Crippen molar-refractivity contribution in [3.63, 3.8) is 0 Å². The Morgan fingerprint density at radius 2 is 2.05 bits per heavy atom. The first-order valence-electron chi connectivity index (χ1n) is 6.25. The van der Waals surface area contributed by atoms with Crippen LogP contribution >= 0.6 is 0 Å². The van der Waals surface area contributed by atoms with Gasteiger partial charge in [0.05, 0.1) is 11.4 Å². The van der Waals surface area contributed by atoms with E-state index in [-0.39, 0.29) is 5.56 Å². The van der Waals surface area contributed by atoms with E-state index in [9.17, 15) is 13.6 Å². The Bertz CT molecular complexity index is 842. The fourth-order valence-electron chi connectivity index (χ4n) is 2.06. The Balaban J connectivity index is 1.94. The van der Waals surface area contributed by atoms with Crippen LogP contribution in [0.4, 0.5) is 14.5 Å². The van der Waals surface area contributed by atoms with E-state index in [1.54, 1.807) is 16.5 Å². The molecule has 0 saturated carbocycles. The number of carbonyl (C=O) groups excluding carboxylic acids is 1. The number of imidazole rings is 1. The molecule has 0 aliphatic rings. The smallest absolute Gasteiger partial charge is 0.255 e. The van der Waals surface area contributed by atoms with Gasteiger partial charge in [-0.2, -0.15) is 0 Å². The maximum absolute atomic E-state index is 13.2. The Morgan fingerprint density at radius 3 is 2.81 bits per heavy atom. The highest BCUT2D eigenvalue weighted by molar-refractivity contribution is 6.05. The van der Waals surface area contributed by atoms with Crippen molar-refractivity contribution in [2.24, 2.45) is 0 Å². The number of rotatable bonds is 2.